The van der Waals surface area contributed by atoms with Gasteiger partial charge in [-0.2, -0.15) is 13.2 Å². The van der Waals surface area contributed by atoms with Crippen LogP contribution >= 0.6 is 15.9 Å². The van der Waals surface area contributed by atoms with E-state index in [-0.39, 0.29) is 11.6 Å². The fourth-order valence-electron chi connectivity index (χ4n) is 3.26. The van der Waals surface area contributed by atoms with Crippen LogP contribution in [0.15, 0.2) is 70.0 Å². The summed E-state index contributed by atoms with van der Waals surface area (Å²) in [5, 5.41) is 3.00. The summed E-state index contributed by atoms with van der Waals surface area (Å²) < 4.78 is 69.6. The highest BCUT2D eigenvalue weighted by Crippen LogP contribution is 2.35. The average Bonchev–Trinajstić information content (AvgIpc) is 2.76. The fraction of sp³-hybridized carbons (Fsp3) is 0.130. The summed E-state index contributed by atoms with van der Waals surface area (Å²) in [6.45, 7) is 3.77. The van der Waals surface area contributed by atoms with Crippen molar-refractivity contribution < 1.29 is 21.6 Å². The first kappa shape index (κ1) is 24.0. The van der Waals surface area contributed by atoms with Gasteiger partial charge in [-0.1, -0.05) is 28.1 Å². The summed E-state index contributed by atoms with van der Waals surface area (Å²) in [5.41, 5.74) is 2.07. The molecule has 4 aromatic rings. The first-order valence-corrected chi connectivity index (χ1v) is 12.2. The molecule has 0 aliphatic rings. The molecule has 0 amide bonds. The molecular weight excluding hydrogens is 533 g/mol. The Labute approximate surface area is 202 Å². The maximum absolute atomic E-state index is 13.5. The van der Waals surface area contributed by atoms with Gasteiger partial charge in [0.2, 0.25) is 0 Å². The number of hydrogen-bond acceptors (Lipinski definition) is 5. The minimum Gasteiger partial charge on any atom is -0.337 e. The number of alkyl halides is 3. The Bertz CT molecular complexity index is 1490. The van der Waals surface area contributed by atoms with E-state index in [1.807, 2.05) is 19.9 Å². The zero-order chi connectivity index (χ0) is 24.7. The van der Waals surface area contributed by atoms with Gasteiger partial charge in [0.1, 0.15) is 0 Å². The minimum absolute atomic E-state index is 0.0474. The molecule has 0 atom stereocenters. The number of rotatable bonds is 5. The van der Waals surface area contributed by atoms with Crippen molar-refractivity contribution in [2.75, 3.05) is 10.0 Å². The number of hydrogen-bond donors (Lipinski definition) is 2. The first-order valence-electron chi connectivity index (χ1n) is 9.95. The third-order valence-corrected chi connectivity index (χ3v) is 7.03. The molecule has 0 radical (unpaired) electrons. The normalized spacial score (nSPS) is 12.1. The molecule has 0 spiro atoms. The molecule has 1 aromatic heterocycles. The second-order valence-corrected chi connectivity index (χ2v) is 10.1. The standard InChI is InChI=1S/C23H18BrF3N4O2S/c1-13-11-18-19(12-14(13)2)30-22(21(29-18)28-16-9-7-15(24)8-10-16)31-34(32,33)20-6-4-3-5-17(20)23(25,26)27/h3-12H,1-2H3,(H,28,29)(H,30,31). The van der Waals surface area contributed by atoms with Crippen LogP contribution in [0.2, 0.25) is 0 Å². The molecule has 0 saturated heterocycles. The van der Waals surface area contributed by atoms with E-state index >= 15 is 0 Å². The molecule has 0 bridgehead atoms. The summed E-state index contributed by atoms with van der Waals surface area (Å²) in [7, 11) is -4.66. The summed E-state index contributed by atoms with van der Waals surface area (Å²) in [5.74, 6) is -0.179. The number of benzene rings is 3. The molecule has 0 fully saturated rings. The fourth-order valence-corrected chi connectivity index (χ4v) is 4.76. The van der Waals surface area contributed by atoms with Crippen LogP contribution in [0, 0.1) is 13.8 Å². The van der Waals surface area contributed by atoms with Crippen molar-refractivity contribution in [1.82, 2.24) is 9.97 Å². The third kappa shape index (κ3) is 5.00. The van der Waals surface area contributed by atoms with Gasteiger partial charge in [0.05, 0.1) is 21.5 Å². The van der Waals surface area contributed by atoms with Crippen molar-refractivity contribution in [2.24, 2.45) is 0 Å². The number of anilines is 3. The molecule has 4 rings (SSSR count). The van der Waals surface area contributed by atoms with E-state index in [4.69, 9.17) is 0 Å². The lowest BCUT2D eigenvalue weighted by Crippen LogP contribution is -2.20. The number of nitrogens with zero attached hydrogens (tertiary/aromatic N) is 2. The number of sulfonamides is 1. The summed E-state index contributed by atoms with van der Waals surface area (Å²) in [6.07, 6.45) is -4.85. The van der Waals surface area contributed by atoms with E-state index in [1.54, 1.807) is 30.3 Å². The van der Waals surface area contributed by atoms with Gasteiger partial charge in [0.15, 0.2) is 11.6 Å². The van der Waals surface area contributed by atoms with Gasteiger partial charge < -0.3 is 5.32 Å². The number of nitrogens with one attached hydrogen (secondary N) is 2. The predicted molar refractivity (Wildman–Crippen MR) is 129 cm³/mol. The van der Waals surface area contributed by atoms with Crippen LogP contribution in [0.1, 0.15) is 16.7 Å². The van der Waals surface area contributed by atoms with Crippen LogP contribution in [-0.2, 0) is 16.2 Å². The van der Waals surface area contributed by atoms with Crippen molar-refractivity contribution in [3.8, 4) is 0 Å². The van der Waals surface area contributed by atoms with E-state index < -0.39 is 26.7 Å². The predicted octanol–water partition coefficient (Wildman–Crippen LogP) is 6.57. The lowest BCUT2D eigenvalue weighted by Gasteiger charge is -2.17. The number of aromatic nitrogens is 2. The zero-order valence-corrected chi connectivity index (χ0v) is 20.3. The molecule has 0 unspecified atom stereocenters. The summed E-state index contributed by atoms with van der Waals surface area (Å²) in [4.78, 5) is 7.99. The molecule has 3 aromatic carbocycles. The molecule has 2 N–H and O–H groups in total. The van der Waals surface area contributed by atoms with Gasteiger partial charge in [-0.15, -0.1) is 0 Å². The highest BCUT2D eigenvalue weighted by Gasteiger charge is 2.37. The summed E-state index contributed by atoms with van der Waals surface area (Å²) >= 11 is 3.34. The monoisotopic (exact) mass is 550 g/mol. The van der Waals surface area contributed by atoms with E-state index in [9.17, 15) is 21.6 Å². The van der Waals surface area contributed by atoms with Gasteiger partial charge in [-0.3, -0.25) is 4.72 Å². The molecule has 6 nitrogen and oxygen atoms in total. The van der Waals surface area contributed by atoms with Crippen LogP contribution in [0.5, 0.6) is 0 Å². The van der Waals surface area contributed by atoms with Crippen LogP contribution in [0.25, 0.3) is 11.0 Å². The Kier molecular flexibility index (Phi) is 6.26. The number of halogens is 4. The quantitative estimate of drug-likeness (QED) is 0.293. The van der Waals surface area contributed by atoms with Gasteiger partial charge in [0, 0.05) is 10.2 Å². The molecule has 34 heavy (non-hydrogen) atoms. The van der Waals surface area contributed by atoms with Crippen molar-refractivity contribution in [2.45, 2.75) is 24.9 Å². The van der Waals surface area contributed by atoms with Crippen molar-refractivity contribution >= 4 is 54.3 Å². The van der Waals surface area contributed by atoms with E-state index in [2.05, 4.69) is 35.9 Å². The Morgan fingerprint density at radius 3 is 2.00 bits per heavy atom. The molecular formula is C23H18BrF3N4O2S. The average molecular weight is 551 g/mol. The largest absolute Gasteiger partial charge is 0.417 e. The summed E-state index contributed by atoms with van der Waals surface area (Å²) in [6, 6.07) is 14.5. The molecule has 1 heterocycles. The van der Waals surface area contributed by atoms with E-state index in [0.717, 1.165) is 27.7 Å². The second-order valence-electron chi connectivity index (χ2n) is 7.58. The van der Waals surface area contributed by atoms with E-state index in [0.29, 0.717) is 22.8 Å². The van der Waals surface area contributed by atoms with Gasteiger partial charge in [0.25, 0.3) is 10.0 Å². The van der Waals surface area contributed by atoms with Crippen LogP contribution < -0.4 is 10.0 Å². The Balaban J connectivity index is 1.85. The molecule has 0 saturated carbocycles. The Morgan fingerprint density at radius 1 is 0.853 bits per heavy atom. The van der Waals surface area contributed by atoms with E-state index in [1.165, 1.54) is 6.07 Å². The second kappa shape index (κ2) is 8.88. The van der Waals surface area contributed by atoms with Crippen LogP contribution in [0.4, 0.5) is 30.5 Å². The van der Waals surface area contributed by atoms with Gasteiger partial charge >= 0.3 is 6.18 Å². The number of aryl methyl sites for hydroxylation is 2. The SMILES string of the molecule is Cc1cc2nc(Nc3ccc(Br)cc3)c(NS(=O)(=O)c3ccccc3C(F)(F)F)nc2cc1C. The Morgan fingerprint density at radius 2 is 1.41 bits per heavy atom. The topological polar surface area (TPSA) is 84.0 Å². The molecule has 11 heteroatoms. The van der Waals surface area contributed by atoms with Crippen molar-refractivity contribution in [3.63, 3.8) is 0 Å². The molecule has 0 aliphatic carbocycles. The van der Waals surface area contributed by atoms with Gasteiger partial charge in [-0.25, -0.2) is 18.4 Å². The lowest BCUT2D eigenvalue weighted by molar-refractivity contribution is -0.139. The zero-order valence-electron chi connectivity index (χ0n) is 17.9. The van der Waals surface area contributed by atoms with Crippen molar-refractivity contribution in [3.05, 3.63) is 81.8 Å². The van der Waals surface area contributed by atoms with Crippen LogP contribution in [-0.4, -0.2) is 18.4 Å². The minimum atomic E-state index is -4.85. The Hall–Kier alpha value is -3.18. The third-order valence-electron chi connectivity index (χ3n) is 5.10. The van der Waals surface area contributed by atoms with Crippen molar-refractivity contribution in [1.29, 1.82) is 0 Å². The smallest absolute Gasteiger partial charge is 0.337 e. The highest BCUT2D eigenvalue weighted by atomic mass is 79.9. The lowest BCUT2D eigenvalue weighted by atomic mass is 10.1. The molecule has 0 aliphatic heterocycles. The molecule has 176 valence electrons. The first-order chi connectivity index (χ1) is 15.9. The van der Waals surface area contributed by atoms with Gasteiger partial charge in [-0.05, 0) is 73.5 Å². The van der Waals surface area contributed by atoms with Crippen LogP contribution in [0.3, 0.4) is 0 Å². The highest BCUT2D eigenvalue weighted by molar-refractivity contribution is 9.10. The maximum Gasteiger partial charge on any atom is 0.417 e. The maximum atomic E-state index is 13.5. The number of fused-ring (bicyclic) bond motifs is 1.